The lowest BCUT2D eigenvalue weighted by atomic mass is 10.3. The first kappa shape index (κ1) is 15.3. The minimum atomic E-state index is 0.0452. The molecule has 0 spiro atoms. The number of carbonyl (C=O) groups is 1. The van der Waals surface area contributed by atoms with Crippen molar-refractivity contribution in [2.24, 2.45) is 0 Å². The molecule has 2 amide bonds. The number of aromatic nitrogens is 2. The van der Waals surface area contributed by atoms with Gasteiger partial charge in [-0.15, -0.1) is 0 Å². The minimum absolute atomic E-state index is 0.0452. The second kappa shape index (κ2) is 6.00. The van der Waals surface area contributed by atoms with Crippen molar-refractivity contribution in [1.29, 1.82) is 0 Å². The largest absolute Gasteiger partial charge is 0.367 e. The highest BCUT2D eigenvalue weighted by Crippen LogP contribution is 2.39. The Hall–Kier alpha value is -2.24. The topological polar surface area (TPSA) is 52.9 Å². The average Bonchev–Trinajstić information content (AvgIpc) is 3.33. The van der Waals surface area contributed by atoms with Crippen molar-refractivity contribution in [2.45, 2.75) is 38.6 Å². The molecule has 2 fully saturated rings. The zero-order chi connectivity index (χ0) is 16.7. The Morgan fingerprint density at radius 1 is 1.17 bits per heavy atom. The van der Waals surface area contributed by atoms with Gasteiger partial charge in [-0.2, -0.15) is 0 Å². The molecule has 1 aliphatic heterocycles. The van der Waals surface area contributed by atoms with Crippen molar-refractivity contribution < 1.29 is 4.79 Å². The third-order valence-electron chi connectivity index (χ3n) is 4.79. The summed E-state index contributed by atoms with van der Waals surface area (Å²) in [5.74, 6) is 0.677. The second-order valence-corrected chi connectivity index (χ2v) is 7.17. The first-order valence-electron chi connectivity index (χ1n) is 8.89. The first-order valence-corrected chi connectivity index (χ1v) is 8.89. The summed E-state index contributed by atoms with van der Waals surface area (Å²) in [6, 6.07) is 4.46. The number of piperazine rings is 1. The van der Waals surface area contributed by atoms with Crippen LogP contribution < -0.4 is 10.2 Å². The van der Waals surface area contributed by atoms with Crippen LogP contribution in [-0.2, 0) is 0 Å². The Morgan fingerprint density at radius 2 is 1.92 bits per heavy atom. The maximum atomic E-state index is 12.1. The number of carbonyl (C=O) groups excluding carboxylic acids is 1. The van der Waals surface area contributed by atoms with E-state index in [2.05, 4.69) is 39.1 Å². The monoisotopic (exact) mass is 327 g/mol. The maximum Gasteiger partial charge on any atom is 0.317 e. The van der Waals surface area contributed by atoms with Crippen molar-refractivity contribution in [3.05, 3.63) is 30.2 Å². The molecule has 0 radical (unpaired) electrons. The number of fused-ring (bicyclic) bond motifs is 1. The Bertz CT molecular complexity index is 741. The zero-order valence-electron chi connectivity index (χ0n) is 14.4. The van der Waals surface area contributed by atoms with E-state index in [9.17, 15) is 4.79 Å². The highest BCUT2D eigenvalue weighted by Gasteiger charge is 2.26. The number of hydrogen-bond acceptors (Lipinski definition) is 3. The van der Waals surface area contributed by atoms with Crippen LogP contribution in [0.3, 0.4) is 0 Å². The van der Waals surface area contributed by atoms with Gasteiger partial charge in [-0.25, -0.2) is 9.78 Å². The summed E-state index contributed by atoms with van der Waals surface area (Å²) in [6.07, 6.45) is 6.88. The van der Waals surface area contributed by atoms with E-state index < -0.39 is 0 Å². The first-order chi connectivity index (χ1) is 11.6. The van der Waals surface area contributed by atoms with Crippen molar-refractivity contribution in [2.75, 3.05) is 31.1 Å². The highest BCUT2D eigenvalue weighted by molar-refractivity contribution is 5.74. The van der Waals surface area contributed by atoms with Gasteiger partial charge in [0.05, 0.1) is 11.4 Å². The number of urea groups is 1. The van der Waals surface area contributed by atoms with Gasteiger partial charge in [-0.05, 0) is 38.8 Å². The molecule has 2 aromatic heterocycles. The summed E-state index contributed by atoms with van der Waals surface area (Å²) < 4.78 is 2.14. The van der Waals surface area contributed by atoms with Gasteiger partial charge in [0.15, 0.2) is 0 Å². The molecule has 4 rings (SSSR count). The lowest BCUT2D eigenvalue weighted by molar-refractivity contribution is 0.192. The number of nitrogens with one attached hydrogen (secondary N) is 1. The van der Waals surface area contributed by atoms with Gasteiger partial charge in [-0.1, -0.05) is 0 Å². The SMILES string of the molecule is CC(C)NC(=O)N1CCN(c2ccc3nc(C4CC4)cn3c2)CC1. The van der Waals surface area contributed by atoms with E-state index in [0.717, 1.165) is 31.8 Å². The molecule has 1 saturated heterocycles. The normalized spacial score (nSPS) is 18.5. The Kier molecular flexibility index (Phi) is 3.82. The predicted octanol–water partition coefficient (Wildman–Crippen LogP) is 2.45. The number of nitrogens with zero attached hydrogens (tertiary/aromatic N) is 4. The highest BCUT2D eigenvalue weighted by atomic mass is 16.2. The molecule has 0 bridgehead atoms. The summed E-state index contributed by atoms with van der Waals surface area (Å²) in [6.45, 7) is 7.22. The number of anilines is 1. The van der Waals surface area contributed by atoms with Crippen LogP contribution in [0.15, 0.2) is 24.5 Å². The lowest BCUT2D eigenvalue weighted by Crippen LogP contribution is -2.52. The van der Waals surface area contributed by atoms with E-state index in [0.29, 0.717) is 5.92 Å². The number of pyridine rings is 1. The standard InChI is InChI=1S/C18H25N5O/c1-13(2)19-18(24)22-9-7-21(8-10-22)15-5-6-17-20-16(14-3-4-14)12-23(17)11-15/h5-6,11-14H,3-4,7-10H2,1-2H3,(H,19,24). The van der Waals surface area contributed by atoms with Crippen molar-refractivity contribution in [3.8, 4) is 0 Å². The number of amides is 2. The van der Waals surface area contributed by atoms with Gasteiger partial charge in [0.1, 0.15) is 5.65 Å². The molecule has 3 heterocycles. The smallest absolute Gasteiger partial charge is 0.317 e. The Balaban J connectivity index is 1.43. The summed E-state index contributed by atoms with van der Waals surface area (Å²) in [5, 5.41) is 2.97. The molecule has 2 aromatic rings. The van der Waals surface area contributed by atoms with Crippen LogP contribution in [0.25, 0.3) is 5.65 Å². The third kappa shape index (κ3) is 3.05. The number of rotatable bonds is 3. The van der Waals surface area contributed by atoms with Crippen LogP contribution in [-0.4, -0.2) is 52.5 Å². The van der Waals surface area contributed by atoms with Crippen molar-refractivity contribution >= 4 is 17.4 Å². The van der Waals surface area contributed by atoms with E-state index in [1.807, 2.05) is 18.7 Å². The van der Waals surface area contributed by atoms with Gasteiger partial charge in [0, 0.05) is 50.5 Å². The molecule has 0 atom stereocenters. The minimum Gasteiger partial charge on any atom is -0.367 e. The van der Waals surface area contributed by atoms with Crippen LogP contribution >= 0.6 is 0 Å². The van der Waals surface area contributed by atoms with Gasteiger partial charge >= 0.3 is 6.03 Å². The van der Waals surface area contributed by atoms with Crippen LogP contribution in [0.4, 0.5) is 10.5 Å². The molecular weight excluding hydrogens is 302 g/mol. The Labute approximate surface area is 142 Å². The van der Waals surface area contributed by atoms with Crippen LogP contribution in [0, 0.1) is 0 Å². The van der Waals surface area contributed by atoms with Gasteiger partial charge in [0.25, 0.3) is 0 Å². The van der Waals surface area contributed by atoms with Crippen molar-refractivity contribution in [3.63, 3.8) is 0 Å². The van der Waals surface area contributed by atoms with E-state index in [4.69, 9.17) is 4.98 Å². The molecule has 1 aliphatic carbocycles. The summed E-state index contributed by atoms with van der Waals surface area (Å²) in [7, 11) is 0. The molecule has 128 valence electrons. The van der Waals surface area contributed by atoms with E-state index in [-0.39, 0.29) is 12.1 Å². The van der Waals surface area contributed by atoms with Gasteiger partial charge < -0.3 is 19.5 Å². The van der Waals surface area contributed by atoms with Gasteiger partial charge in [0.2, 0.25) is 0 Å². The van der Waals surface area contributed by atoms with Crippen molar-refractivity contribution in [1.82, 2.24) is 19.6 Å². The second-order valence-electron chi connectivity index (χ2n) is 7.17. The van der Waals surface area contributed by atoms with Gasteiger partial charge in [-0.3, -0.25) is 0 Å². The average molecular weight is 327 g/mol. The third-order valence-corrected chi connectivity index (χ3v) is 4.79. The molecule has 2 aliphatic rings. The molecule has 1 N–H and O–H groups in total. The predicted molar refractivity (Wildman–Crippen MR) is 94.6 cm³/mol. The molecule has 6 heteroatoms. The molecule has 0 unspecified atom stereocenters. The molecule has 24 heavy (non-hydrogen) atoms. The van der Waals surface area contributed by atoms with Crippen LogP contribution in [0.1, 0.15) is 38.3 Å². The zero-order valence-corrected chi connectivity index (χ0v) is 14.4. The van der Waals surface area contributed by atoms with E-state index in [1.165, 1.54) is 24.2 Å². The van der Waals surface area contributed by atoms with Crippen LogP contribution in [0.2, 0.25) is 0 Å². The maximum absolute atomic E-state index is 12.1. The number of imidazole rings is 1. The lowest BCUT2D eigenvalue weighted by Gasteiger charge is -2.36. The molecule has 1 saturated carbocycles. The summed E-state index contributed by atoms with van der Waals surface area (Å²) >= 11 is 0. The fourth-order valence-corrected chi connectivity index (χ4v) is 3.27. The fourth-order valence-electron chi connectivity index (χ4n) is 3.27. The Morgan fingerprint density at radius 3 is 2.58 bits per heavy atom. The molecule has 6 nitrogen and oxygen atoms in total. The summed E-state index contributed by atoms with van der Waals surface area (Å²) in [4.78, 5) is 21.0. The number of hydrogen-bond donors (Lipinski definition) is 1. The fraction of sp³-hybridized carbons (Fsp3) is 0.556. The van der Waals surface area contributed by atoms with E-state index in [1.54, 1.807) is 0 Å². The van der Waals surface area contributed by atoms with E-state index >= 15 is 0 Å². The molecular formula is C18H25N5O. The summed E-state index contributed by atoms with van der Waals surface area (Å²) in [5.41, 5.74) is 3.45. The van der Waals surface area contributed by atoms with Crippen LogP contribution in [0.5, 0.6) is 0 Å². The molecule has 0 aromatic carbocycles. The quantitative estimate of drug-likeness (QED) is 0.942.